The maximum Gasteiger partial charge on any atom is 0.267 e. The Morgan fingerprint density at radius 2 is 1.94 bits per heavy atom. The van der Waals surface area contributed by atoms with E-state index >= 15 is 0 Å². The Bertz CT molecular complexity index is 1190. The van der Waals surface area contributed by atoms with E-state index in [2.05, 4.69) is 20.5 Å². The third kappa shape index (κ3) is 5.28. The maximum absolute atomic E-state index is 13.0. The van der Waals surface area contributed by atoms with Crippen LogP contribution in [-0.4, -0.2) is 25.7 Å². The summed E-state index contributed by atoms with van der Waals surface area (Å²) in [6.07, 6.45) is 1.65. The first kappa shape index (κ1) is 21.0. The van der Waals surface area contributed by atoms with E-state index in [9.17, 15) is 9.18 Å². The summed E-state index contributed by atoms with van der Waals surface area (Å²) in [7, 11) is 1.88. The molecule has 2 aromatic carbocycles. The molecule has 0 aliphatic carbocycles. The highest BCUT2D eigenvalue weighted by molar-refractivity contribution is 7.99. The number of thiazole rings is 1. The van der Waals surface area contributed by atoms with Crippen LogP contribution in [-0.2, 0) is 13.7 Å². The SMILES string of the molecule is Cc1nc(COc2ccc(F)cc2)sc1C(=O)Nc1ccc(Sc2nncn2C)cc1. The first-order valence-corrected chi connectivity index (χ1v) is 10.9. The van der Waals surface area contributed by atoms with Crippen LogP contribution in [0.2, 0.25) is 0 Å². The van der Waals surface area contributed by atoms with Crippen LogP contribution in [0, 0.1) is 12.7 Å². The molecule has 4 aromatic rings. The second-order valence-corrected chi connectivity index (χ2v) is 8.69. The number of benzene rings is 2. The average molecular weight is 456 g/mol. The van der Waals surface area contributed by atoms with Crippen LogP contribution in [0.1, 0.15) is 20.4 Å². The molecule has 0 atom stereocenters. The topological polar surface area (TPSA) is 81.9 Å². The Hall–Kier alpha value is -3.24. The lowest BCUT2D eigenvalue weighted by Gasteiger charge is -2.06. The minimum atomic E-state index is -0.323. The molecule has 1 N–H and O–H groups in total. The smallest absolute Gasteiger partial charge is 0.267 e. The van der Waals surface area contributed by atoms with E-state index < -0.39 is 0 Å². The summed E-state index contributed by atoms with van der Waals surface area (Å²) >= 11 is 2.76. The monoisotopic (exact) mass is 455 g/mol. The lowest BCUT2D eigenvalue weighted by Crippen LogP contribution is -2.11. The minimum absolute atomic E-state index is 0.207. The predicted molar refractivity (Wildman–Crippen MR) is 117 cm³/mol. The van der Waals surface area contributed by atoms with E-state index in [4.69, 9.17) is 4.74 Å². The fourth-order valence-electron chi connectivity index (χ4n) is 2.67. The second-order valence-electron chi connectivity index (χ2n) is 6.57. The number of aromatic nitrogens is 4. The summed E-state index contributed by atoms with van der Waals surface area (Å²) in [5.74, 6) is -0.00653. The normalized spacial score (nSPS) is 10.8. The van der Waals surface area contributed by atoms with Gasteiger partial charge in [-0.25, -0.2) is 9.37 Å². The maximum atomic E-state index is 13.0. The number of hydrogen-bond acceptors (Lipinski definition) is 7. The van der Waals surface area contributed by atoms with E-state index in [1.54, 1.807) is 25.4 Å². The molecule has 0 fully saturated rings. The van der Waals surface area contributed by atoms with Crippen molar-refractivity contribution in [2.75, 3.05) is 5.32 Å². The standard InChI is InChI=1S/C21H18FN5O2S2/c1-13-19(31-18(24-13)11-29-16-7-3-14(22)4-8-16)20(28)25-15-5-9-17(10-6-15)30-21-26-23-12-27(21)2/h3-10,12H,11H2,1-2H3,(H,25,28). The Labute approximate surface area is 186 Å². The van der Waals surface area contributed by atoms with Gasteiger partial charge in [0.15, 0.2) is 5.16 Å². The third-order valence-electron chi connectivity index (χ3n) is 4.21. The van der Waals surface area contributed by atoms with Crippen LogP contribution in [0.5, 0.6) is 5.75 Å². The van der Waals surface area contributed by atoms with E-state index in [0.29, 0.717) is 27.0 Å². The van der Waals surface area contributed by atoms with Crippen LogP contribution in [0.25, 0.3) is 0 Å². The number of carbonyl (C=O) groups excluding carboxylic acids is 1. The van der Waals surface area contributed by atoms with Gasteiger partial charge in [0.2, 0.25) is 0 Å². The predicted octanol–water partition coefficient (Wildman–Crippen LogP) is 4.70. The number of ether oxygens (including phenoxy) is 1. The quantitative estimate of drug-likeness (QED) is 0.435. The molecule has 4 rings (SSSR count). The van der Waals surface area contributed by atoms with Crippen LogP contribution < -0.4 is 10.1 Å². The van der Waals surface area contributed by atoms with Crippen LogP contribution in [0.4, 0.5) is 10.1 Å². The van der Waals surface area contributed by atoms with Gasteiger partial charge in [0.25, 0.3) is 5.91 Å². The fourth-order valence-corrected chi connectivity index (χ4v) is 4.30. The largest absolute Gasteiger partial charge is 0.486 e. The van der Waals surface area contributed by atoms with Crippen molar-refractivity contribution < 1.29 is 13.9 Å². The molecule has 0 unspecified atom stereocenters. The molecular weight excluding hydrogens is 437 g/mol. The van der Waals surface area contributed by atoms with Crippen molar-refractivity contribution in [2.45, 2.75) is 23.6 Å². The first-order valence-electron chi connectivity index (χ1n) is 9.26. The summed E-state index contributed by atoms with van der Waals surface area (Å²) in [6, 6.07) is 13.3. The van der Waals surface area contributed by atoms with Crippen LogP contribution >= 0.6 is 23.1 Å². The van der Waals surface area contributed by atoms with Gasteiger partial charge < -0.3 is 14.6 Å². The summed E-state index contributed by atoms with van der Waals surface area (Å²) in [6.45, 7) is 1.99. The number of halogens is 1. The van der Waals surface area contributed by atoms with Crippen LogP contribution in [0.15, 0.2) is 64.9 Å². The molecule has 0 saturated carbocycles. The van der Waals surface area contributed by atoms with Crippen molar-refractivity contribution in [3.05, 3.63) is 76.3 Å². The summed E-state index contributed by atoms with van der Waals surface area (Å²) in [4.78, 5) is 18.6. The van der Waals surface area contributed by atoms with Gasteiger partial charge in [-0.15, -0.1) is 21.5 Å². The van der Waals surface area contributed by atoms with E-state index in [-0.39, 0.29) is 18.3 Å². The molecule has 158 valence electrons. The minimum Gasteiger partial charge on any atom is -0.486 e. The number of hydrogen-bond donors (Lipinski definition) is 1. The number of nitrogens with one attached hydrogen (secondary N) is 1. The van der Waals surface area contributed by atoms with Gasteiger partial charge in [-0.05, 0) is 67.2 Å². The van der Waals surface area contributed by atoms with Gasteiger partial charge in [-0.3, -0.25) is 4.79 Å². The number of carbonyl (C=O) groups is 1. The summed E-state index contributed by atoms with van der Waals surface area (Å²) in [5, 5.41) is 12.3. The lowest BCUT2D eigenvalue weighted by atomic mass is 10.3. The Morgan fingerprint density at radius 3 is 2.61 bits per heavy atom. The van der Waals surface area contributed by atoms with Gasteiger partial charge in [-0.2, -0.15) is 0 Å². The molecule has 1 amide bonds. The molecule has 10 heteroatoms. The lowest BCUT2D eigenvalue weighted by molar-refractivity contribution is 0.103. The molecule has 0 spiro atoms. The molecule has 0 bridgehead atoms. The zero-order valence-electron chi connectivity index (χ0n) is 16.7. The second kappa shape index (κ2) is 9.27. The molecule has 0 aliphatic heterocycles. The van der Waals surface area contributed by atoms with Gasteiger partial charge in [0.1, 0.15) is 34.4 Å². The molecular formula is C21H18FN5O2S2. The Morgan fingerprint density at radius 1 is 1.19 bits per heavy atom. The van der Waals surface area contributed by atoms with Crippen molar-refractivity contribution in [3.63, 3.8) is 0 Å². The van der Waals surface area contributed by atoms with Gasteiger partial charge in [0.05, 0.1) is 5.69 Å². The molecule has 31 heavy (non-hydrogen) atoms. The average Bonchev–Trinajstić information content (AvgIpc) is 3.34. The molecule has 7 nitrogen and oxygen atoms in total. The number of rotatable bonds is 7. The van der Waals surface area contributed by atoms with Gasteiger partial charge in [-0.1, -0.05) is 0 Å². The van der Waals surface area contributed by atoms with E-state index in [0.717, 1.165) is 10.1 Å². The zero-order valence-corrected chi connectivity index (χ0v) is 18.3. The molecule has 2 aromatic heterocycles. The van der Waals surface area contributed by atoms with E-state index in [1.807, 2.05) is 35.9 Å². The highest BCUT2D eigenvalue weighted by Crippen LogP contribution is 2.27. The number of amides is 1. The van der Waals surface area contributed by atoms with Crippen molar-refractivity contribution in [1.29, 1.82) is 0 Å². The fraction of sp³-hybridized carbons (Fsp3) is 0.143. The highest BCUT2D eigenvalue weighted by atomic mass is 32.2. The van der Waals surface area contributed by atoms with Crippen molar-refractivity contribution >= 4 is 34.7 Å². The highest BCUT2D eigenvalue weighted by Gasteiger charge is 2.16. The van der Waals surface area contributed by atoms with Gasteiger partial charge in [0, 0.05) is 17.6 Å². The molecule has 0 aliphatic rings. The zero-order chi connectivity index (χ0) is 21.8. The number of aryl methyl sites for hydroxylation is 2. The van der Waals surface area contributed by atoms with Gasteiger partial charge >= 0.3 is 0 Å². The Balaban J connectivity index is 1.37. The molecule has 2 heterocycles. The van der Waals surface area contributed by atoms with E-state index in [1.165, 1.54) is 35.2 Å². The first-order chi connectivity index (χ1) is 15.0. The van der Waals surface area contributed by atoms with Crippen LogP contribution in [0.3, 0.4) is 0 Å². The number of anilines is 1. The molecule has 0 saturated heterocycles. The Kier molecular flexibility index (Phi) is 6.28. The third-order valence-corrected chi connectivity index (χ3v) is 6.40. The van der Waals surface area contributed by atoms with Crippen molar-refractivity contribution in [3.8, 4) is 5.75 Å². The number of nitrogens with zero attached hydrogens (tertiary/aromatic N) is 4. The molecule has 0 radical (unpaired) electrons. The summed E-state index contributed by atoms with van der Waals surface area (Å²) in [5.41, 5.74) is 1.32. The van der Waals surface area contributed by atoms with Crippen molar-refractivity contribution in [2.24, 2.45) is 7.05 Å². The summed E-state index contributed by atoms with van der Waals surface area (Å²) < 4.78 is 20.4. The van der Waals surface area contributed by atoms with Crippen molar-refractivity contribution in [1.82, 2.24) is 19.7 Å².